The number of aromatic nitrogens is 2. The molecule has 1 amide bonds. The van der Waals surface area contributed by atoms with Gasteiger partial charge in [-0.3, -0.25) is 0 Å². The van der Waals surface area contributed by atoms with Crippen molar-refractivity contribution in [1.82, 2.24) is 14.9 Å². The van der Waals surface area contributed by atoms with Crippen molar-refractivity contribution in [2.75, 3.05) is 50.1 Å². The summed E-state index contributed by atoms with van der Waals surface area (Å²) in [6.45, 7) is 6.36. The molecule has 2 aromatic rings. The summed E-state index contributed by atoms with van der Waals surface area (Å²) in [7, 11) is 1.35. The van der Waals surface area contributed by atoms with Crippen LogP contribution in [0.2, 0.25) is 0 Å². The van der Waals surface area contributed by atoms with E-state index in [0.29, 0.717) is 55.8 Å². The first-order valence-electron chi connectivity index (χ1n) is 9.48. The summed E-state index contributed by atoms with van der Waals surface area (Å²) in [6, 6.07) is 8.90. The van der Waals surface area contributed by atoms with E-state index in [1.165, 1.54) is 7.11 Å². The summed E-state index contributed by atoms with van der Waals surface area (Å²) in [6.07, 6.45) is -0.293. The number of ether oxygens (including phenoxy) is 2. The van der Waals surface area contributed by atoms with Crippen molar-refractivity contribution < 1.29 is 19.1 Å². The molecule has 1 fully saturated rings. The second kappa shape index (κ2) is 9.22. The van der Waals surface area contributed by atoms with E-state index in [1.807, 2.05) is 24.0 Å². The van der Waals surface area contributed by atoms with Crippen LogP contribution in [0, 0.1) is 6.92 Å². The zero-order valence-corrected chi connectivity index (χ0v) is 16.8. The fourth-order valence-electron chi connectivity index (χ4n) is 3.08. The van der Waals surface area contributed by atoms with Crippen molar-refractivity contribution >= 4 is 29.5 Å². The Morgan fingerprint density at radius 2 is 1.86 bits per heavy atom. The Balaban J connectivity index is 1.75. The number of carbonyl (C=O) groups excluding carboxylic acids is 2. The Morgan fingerprint density at radius 3 is 2.55 bits per heavy atom. The maximum absolute atomic E-state index is 12.0. The lowest BCUT2D eigenvalue weighted by Crippen LogP contribution is -2.49. The molecule has 2 heterocycles. The summed E-state index contributed by atoms with van der Waals surface area (Å²) in [4.78, 5) is 36.7. The van der Waals surface area contributed by atoms with Gasteiger partial charge in [0.25, 0.3) is 0 Å². The van der Waals surface area contributed by atoms with Crippen LogP contribution < -0.4 is 10.2 Å². The Morgan fingerprint density at radius 1 is 1.14 bits per heavy atom. The third-order valence-corrected chi connectivity index (χ3v) is 4.53. The standard InChI is InChI=1S/C20H25N5O4/c1-4-29-20(27)25-11-9-24(10-12-25)19-21-14(2)13-17(23-19)22-16-8-6-5-7-15(16)18(26)28-3/h5-8,13H,4,9-12H2,1-3H3,(H,21,22,23). The average molecular weight is 399 g/mol. The number of carbonyl (C=O) groups is 2. The highest BCUT2D eigenvalue weighted by atomic mass is 16.6. The lowest BCUT2D eigenvalue weighted by Gasteiger charge is -2.34. The minimum atomic E-state index is -0.422. The van der Waals surface area contributed by atoms with Gasteiger partial charge < -0.3 is 24.6 Å². The number of benzene rings is 1. The number of esters is 1. The molecule has 0 unspecified atom stereocenters. The minimum Gasteiger partial charge on any atom is -0.465 e. The maximum atomic E-state index is 12.0. The van der Waals surface area contributed by atoms with E-state index in [4.69, 9.17) is 9.47 Å². The van der Waals surface area contributed by atoms with E-state index in [0.717, 1.165) is 5.69 Å². The molecule has 9 nitrogen and oxygen atoms in total. The third kappa shape index (κ3) is 4.92. The topological polar surface area (TPSA) is 96.9 Å². The highest BCUT2D eigenvalue weighted by Crippen LogP contribution is 2.23. The molecule has 3 rings (SSSR count). The number of para-hydroxylation sites is 1. The molecule has 29 heavy (non-hydrogen) atoms. The van der Waals surface area contributed by atoms with Crippen molar-refractivity contribution in [3.63, 3.8) is 0 Å². The van der Waals surface area contributed by atoms with Gasteiger partial charge in [-0.05, 0) is 26.0 Å². The molecule has 1 aromatic heterocycles. The summed E-state index contributed by atoms with van der Waals surface area (Å²) in [5.74, 6) is 0.734. The number of anilines is 3. The number of methoxy groups -OCH3 is 1. The van der Waals surface area contributed by atoms with Crippen molar-refractivity contribution in [3.8, 4) is 0 Å². The summed E-state index contributed by atoms with van der Waals surface area (Å²) in [5, 5.41) is 3.19. The largest absolute Gasteiger partial charge is 0.465 e. The first-order chi connectivity index (χ1) is 14.0. The van der Waals surface area contributed by atoms with E-state index in [1.54, 1.807) is 30.0 Å². The van der Waals surface area contributed by atoms with E-state index in [9.17, 15) is 9.59 Å². The normalized spacial score (nSPS) is 13.8. The number of rotatable bonds is 5. The van der Waals surface area contributed by atoms with Crippen LogP contribution >= 0.6 is 0 Å². The van der Waals surface area contributed by atoms with Gasteiger partial charge in [0, 0.05) is 37.9 Å². The Hall–Kier alpha value is -3.36. The second-order valence-corrected chi connectivity index (χ2v) is 6.53. The van der Waals surface area contributed by atoms with Gasteiger partial charge >= 0.3 is 12.1 Å². The zero-order chi connectivity index (χ0) is 20.8. The van der Waals surface area contributed by atoms with Crippen LogP contribution in [0.5, 0.6) is 0 Å². The van der Waals surface area contributed by atoms with Crippen molar-refractivity contribution in [2.24, 2.45) is 0 Å². The summed E-state index contributed by atoms with van der Waals surface area (Å²) >= 11 is 0. The van der Waals surface area contributed by atoms with Crippen LogP contribution in [0.3, 0.4) is 0 Å². The molecule has 1 aliphatic rings. The lowest BCUT2D eigenvalue weighted by atomic mass is 10.2. The van der Waals surface area contributed by atoms with Crippen molar-refractivity contribution in [3.05, 3.63) is 41.6 Å². The lowest BCUT2D eigenvalue weighted by molar-refractivity contribution is 0.0601. The SMILES string of the molecule is CCOC(=O)N1CCN(c2nc(C)cc(Nc3ccccc3C(=O)OC)n2)CC1. The van der Waals surface area contributed by atoms with Crippen LogP contribution in [0.15, 0.2) is 30.3 Å². The van der Waals surface area contributed by atoms with Gasteiger partial charge in [-0.15, -0.1) is 0 Å². The summed E-state index contributed by atoms with van der Waals surface area (Å²) < 4.78 is 9.90. The smallest absolute Gasteiger partial charge is 0.409 e. The van der Waals surface area contributed by atoms with Gasteiger partial charge in [0.2, 0.25) is 5.95 Å². The van der Waals surface area contributed by atoms with Crippen molar-refractivity contribution in [2.45, 2.75) is 13.8 Å². The highest BCUT2D eigenvalue weighted by molar-refractivity contribution is 5.96. The van der Waals surface area contributed by atoms with E-state index in [-0.39, 0.29) is 6.09 Å². The third-order valence-electron chi connectivity index (χ3n) is 4.53. The molecular weight excluding hydrogens is 374 g/mol. The fraction of sp³-hybridized carbons (Fsp3) is 0.400. The fourth-order valence-corrected chi connectivity index (χ4v) is 3.08. The number of nitrogens with one attached hydrogen (secondary N) is 1. The Kier molecular flexibility index (Phi) is 6.48. The zero-order valence-electron chi connectivity index (χ0n) is 16.8. The van der Waals surface area contributed by atoms with E-state index >= 15 is 0 Å². The predicted octanol–water partition coefficient (Wildman–Crippen LogP) is 2.59. The molecule has 0 saturated carbocycles. The van der Waals surface area contributed by atoms with Gasteiger partial charge in [0.05, 0.1) is 25.0 Å². The second-order valence-electron chi connectivity index (χ2n) is 6.53. The van der Waals surface area contributed by atoms with Gasteiger partial charge in [0.1, 0.15) is 5.82 Å². The van der Waals surface area contributed by atoms with Gasteiger partial charge in [-0.1, -0.05) is 12.1 Å². The van der Waals surface area contributed by atoms with Gasteiger partial charge in [0.15, 0.2) is 0 Å². The Bertz CT molecular complexity index is 881. The molecule has 0 radical (unpaired) electrons. The minimum absolute atomic E-state index is 0.293. The molecular formula is C20H25N5O4. The molecule has 9 heteroatoms. The molecule has 0 bridgehead atoms. The predicted molar refractivity (Wildman–Crippen MR) is 109 cm³/mol. The first-order valence-corrected chi connectivity index (χ1v) is 9.48. The number of piperazine rings is 1. The van der Waals surface area contributed by atoms with Crippen LogP contribution in [0.25, 0.3) is 0 Å². The monoisotopic (exact) mass is 399 g/mol. The molecule has 1 N–H and O–H groups in total. The number of aryl methyl sites for hydroxylation is 1. The van der Waals surface area contributed by atoms with Gasteiger partial charge in [-0.25, -0.2) is 14.6 Å². The number of nitrogens with zero attached hydrogens (tertiary/aromatic N) is 4. The van der Waals surface area contributed by atoms with Gasteiger partial charge in [-0.2, -0.15) is 4.98 Å². The molecule has 1 aliphatic heterocycles. The molecule has 1 aromatic carbocycles. The maximum Gasteiger partial charge on any atom is 0.409 e. The highest BCUT2D eigenvalue weighted by Gasteiger charge is 2.24. The number of amides is 1. The molecule has 0 aliphatic carbocycles. The molecule has 0 atom stereocenters. The first kappa shape index (κ1) is 20.4. The van der Waals surface area contributed by atoms with Crippen molar-refractivity contribution in [1.29, 1.82) is 0 Å². The molecule has 1 saturated heterocycles. The average Bonchev–Trinajstić information content (AvgIpc) is 2.73. The van der Waals surface area contributed by atoms with Crippen LogP contribution in [-0.2, 0) is 9.47 Å². The molecule has 0 spiro atoms. The summed E-state index contributed by atoms with van der Waals surface area (Å²) in [5.41, 5.74) is 1.83. The Labute approximate surface area is 169 Å². The van der Waals surface area contributed by atoms with E-state index < -0.39 is 5.97 Å². The number of hydrogen-bond donors (Lipinski definition) is 1. The number of hydrogen-bond acceptors (Lipinski definition) is 8. The van der Waals surface area contributed by atoms with E-state index in [2.05, 4.69) is 15.3 Å². The van der Waals surface area contributed by atoms with Crippen LogP contribution in [0.4, 0.5) is 22.2 Å². The quantitative estimate of drug-likeness (QED) is 0.767. The molecule has 154 valence electrons. The van der Waals surface area contributed by atoms with Crippen LogP contribution in [0.1, 0.15) is 23.0 Å². The van der Waals surface area contributed by atoms with Crippen LogP contribution in [-0.4, -0.2) is 66.8 Å².